The number of rotatable bonds is 5. The summed E-state index contributed by atoms with van der Waals surface area (Å²) >= 11 is 11.4. The summed E-state index contributed by atoms with van der Waals surface area (Å²) < 4.78 is -0.0788. The zero-order valence-corrected chi connectivity index (χ0v) is 11.4. The molecule has 0 aliphatic heterocycles. The molecule has 0 unspecified atom stereocenters. The highest BCUT2D eigenvalue weighted by Crippen LogP contribution is 2.09. The Kier molecular flexibility index (Phi) is 5.60. The molecule has 0 atom stereocenters. The molecule has 14 heavy (non-hydrogen) atoms. The summed E-state index contributed by atoms with van der Waals surface area (Å²) in [4.78, 5) is 0. The van der Waals surface area contributed by atoms with Gasteiger partial charge >= 0.3 is 0 Å². The van der Waals surface area contributed by atoms with E-state index in [9.17, 15) is 0 Å². The molecular formula is C11H16Cl2Si. The number of halogens is 2. The van der Waals surface area contributed by atoms with E-state index in [4.69, 9.17) is 23.2 Å². The standard InChI is InChI=1S/C11H16Cl2Si/c1-2-9-3-5-10(6-4-9)7-8-14-11(12)13/h3-6,11H,2,7-8,14H2,1H3. The van der Waals surface area contributed by atoms with Gasteiger partial charge in [0.2, 0.25) is 0 Å². The van der Waals surface area contributed by atoms with Crippen LogP contribution in [0.4, 0.5) is 0 Å². The Morgan fingerprint density at radius 2 is 1.71 bits per heavy atom. The molecule has 0 amide bonds. The second kappa shape index (κ2) is 6.49. The molecule has 1 aromatic rings. The van der Waals surface area contributed by atoms with Crippen molar-refractivity contribution in [2.45, 2.75) is 30.3 Å². The van der Waals surface area contributed by atoms with Gasteiger partial charge in [0.1, 0.15) is 0 Å². The number of hydrogen-bond acceptors (Lipinski definition) is 0. The van der Waals surface area contributed by atoms with Gasteiger partial charge in [0.25, 0.3) is 0 Å². The average molecular weight is 247 g/mol. The Hall–Kier alpha value is 0.0169. The first kappa shape index (κ1) is 12.1. The lowest BCUT2D eigenvalue weighted by atomic mass is 10.1. The monoisotopic (exact) mass is 246 g/mol. The summed E-state index contributed by atoms with van der Waals surface area (Å²) in [6, 6.07) is 10.0. The van der Waals surface area contributed by atoms with Gasteiger partial charge in [-0.1, -0.05) is 37.2 Å². The SMILES string of the molecule is CCc1ccc(CC[SiH2]C(Cl)Cl)cc1. The molecule has 0 aliphatic carbocycles. The Morgan fingerprint density at radius 1 is 1.14 bits per heavy atom. The van der Waals surface area contributed by atoms with Gasteiger partial charge in [-0.25, -0.2) is 0 Å². The minimum Gasteiger partial charge on any atom is -0.110 e. The fourth-order valence-corrected chi connectivity index (χ4v) is 3.25. The third-order valence-corrected chi connectivity index (χ3v) is 4.83. The first-order valence-corrected chi connectivity index (χ1v) is 7.77. The summed E-state index contributed by atoms with van der Waals surface area (Å²) in [5.74, 6) is 0. The maximum Gasteiger partial charge on any atom is 0.0908 e. The second-order valence-electron chi connectivity index (χ2n) is 3.45. The van der Waals surface area contributed by atoms with Crippen molar-refractivity contribution in [2.75, 3.05) is 0 Å². The molecule has 0 saturated carbocycles. The fourth-order valence-electron chi connectivity index (χ4n) is 1.40. The molecule has 0 radical (unpaired) electrons. The molecule has 0 nitrogen and oxygen atoms in total. The van der Waals surface area contributed by atoms with Crippen LogP contribution in [0, 0.1) is 0 Å². The quantitative estimate of drug-likeness (QED) is 0.554. The van der Waals surface area contributed by atoms with E-state index in [2.05, 4.69) is 31.2 Å². The van der Waals surface area contributed by atoms with Crippen molar-refractivity contribution in [3.05, 3.63) is 35.4 Å². The van der Waals surface area contributed by atoms with Crippen molar-refractivity contribution < 1.29 is 0 Å². The molecule has 3 heteroatoms. The van der Waals surface area contributed by atoms with E-state index in [1.54, 1.807) is 0 Å². The molecule has 0 bridgehead atoms. The molecule has 0 aromatic heterocycles. The van der Waals surface area contributed by atoms with E-state index in [1.807, 2.05) is 0 Å². The van der Waals surface area contributed by atoms with Crippen molar-refractivity contribution in [1.82, 2.24) is 0 Å². The van der Waals surface area contributed by atoms with Crippen LogP contribution in [0.5, 0.6) is 0 Å². The highest BCUT2D eigenvalue weighted by Gasteiger charge is 2.00. The Labute approximate surface area is 98.4 Å². The maximum absolute atomic E-state index is 5.72. The van der Waals surface area contributed by atoms with E-state index < -0.39 is 0 Å². The van der Waals surface area contributed by atoms with E-state index in [0.717, 1.165) is 12.8 Å². The Morgan fingerprint density at radius 3 is 2.21 bits per heavy atom. The van der Waals surface area contributed by atoms with E-state index in [-0.39, 0.29) is 14.0 Å². The summed E-state index contributed by atoms with van der Waals surface area (Å²) in [6.45, 7) is 2.17. The lowest BCUT2D eigenvalue weighted by Gasteiger charge is -2.02. The number of benzene rings is 1. The van der Waals surface area contributed by atoms with Crippen molar-refractivity contribution in [2.24, 2.45) is 0 Å². The zero-order chi connectivity index (χ0) is 10.4. The number of alkyl halides is 2. The first-order valence-electron chi connectivity index (χ1n) is 5.08. The second-order valence-corrected chi connectivity index (χ2v) is 7.87. The summed E-state index contributed by atoms with van der Waals surface area (Å²) in [5.41, 5.74) is 2.81. The van der Waals surface area contributed by atoms with Gasteiger partial charge in [-0.2, -0.15) is 0 Å². The molecule has 0 fully saturated rings. The van der Waals surface area contributed by atoms with Crippen LogP contribution < -0.4 is 0 Å². The minimum atomic E-state index is -0.282. The van der Waals surface area contributed by atoms with Crippen molar-refractivity contribution in [3.8, 4) is 0 Å². The summed E-state index contributed by atoms with van der Waals surface area (Å²) in [6.07, 6.45) is 2.24. The predicted octanol–water partition coefficient (Wildman–Crippen LogP) is 3.14. The number of aryl methyl sites for hydroxylation is 2. The van der Waals surface area contributed by atoms with E-state index in [0.29, 0.717) is 0 Å². The van der Waals surface area contributed by atoms with Gasteiger partial charge in [-0.3, -0.25) is 0 Å². The lowest BCUT2D eigenvalue weighted by Crippen LogP contribution is -2.02. The molecule has 0 aliphatic rings. The molecule has 1 rings (SSSR count). The molecule has 0 N–H and O–H groups in total. The molecular weight excluding hydrogens is 231 g/mol. The van der Waals surface area contributed by atoms with Crippen LogP contribution >= 0.6 is 23.2 Å². The van der Waals surface area contributed by atoms with Crippen LogP contribution in [-0.2, 0) is 12.8 Å². The largest absolute Gasteiger partial charge is 0.110 e. The van der Waals surface area contributed by atoms with Gasteiger partial charge in [-0.15, -0.1) is 23.2 Å². The highest BCUT2D eigenvalue weighted by molar-refractivity contribution is 6.68. The Balaban J connectivity index is 2.36. The molecule has 0 spiro atoms. The minimum absolute atomic E-state index is 0.0788. The van der Waals surface area contributed by atoms with E-state index in [1.165, 1.54) is 17.2 Å². The third-order valence-electron chi connectivity index (χ3n) is 2.32. The summed E-state index contributed by atoms with van der Waals surface area (Å²) in [7, 11) is -0.282. The van der Waals surface area contributed by atoms with E-state index >= 15 is 0 Å². The zero-order valence-electron chi connectivity index (χ0n) is 8.47. The maximum atomic E-state index is 5.72. The lowest BCUT2D eigenvalue weighted by molar-refractivity contribution is 1.09. The first-order chi connectivity index (χ1) is 6.72. The van der Waals surface area contributed by atoms with Crippen molar-refractivity contribution in [3.63, 3.8) is 0 Å². The van der Waals surface area contributed by atoms with Crippen molar-refractivity contribution in [1.29, 1.82) is 0 Å². The third kappa shape index (κ3) is 4.49. The number of hydrogen-bond donors (Lipinski definition) is 0. The van der Waals surface area contributed by atoms with Gasteiger partial charge in [-0.05, 0) is 24.0 Å². The van der Waals surface area contributed by atoms with Crippen LogP contribution in [0.25, 0.3) is 0 Å². The summed E-state index contributed by atoms with van der Waals surface area (Å²) in [5, 5.41) is 0. The smallest absolute Gasteiger partial charge is 0.0908 e. The van der Waals surface area contributed by atoms with Crippen LogP contribution in [0.15, 0.2) is 24.3 Å². The Bertz CT molecular complexity index is 256. The van der Waals surface area contributed by atoms with Crippen LogP contribution in [0.3, 0.4) is 0 Å². The molecule has 78 valence electrons. The molecule has 1 aromatic carbocycles. The molecule has 0 heterocycles. The predicted molar refractivity (Wildman–Crippen MR) is 68.4 cm³/mol. The normalized spacial score (nSPS) is 11.7. The molecule has 0 saturated heterocycles. The highest BCUT2D eigenvalue weighted by atomic mass is 35.5. The van der Waals surface area contributed by atoms with Crippen molar-refractivity contribution >= 4 is 32.7 Å². The fraction of sp³-hybridized carbons (Fsp3) is 0.455. The van der Waals surface area contributed by atoms with Crippen LogP contribution in [-0.4, -0.2) is 14.0 Å². The van der Waals surface area contributed by atoms with Gasteiger partial charge in [0.05, 0.1) is 14.0 Å². The van der Waals surface area contributed by atoms with Crippen LogP contribution in [0.2, 0.25) is 6.04 Å². The van der Waals surface area contributed by atoms with Gasteiger partial charge in [0, 0.05) is 0 Å². The topological polar surface area (TPSA) is 0 Å². The van der Waals surface area contributed by atoms with Crippen LogP contribution in [0.1, 0.15) is 18.1 Å². The van der Waals surface area contributed by atoms with Gasteiger partial charge in [0.15, 0.2) is 0 Å². The van der Waals surface area contributed by atoms with Gasteiger partial charge < -0.3 is 0 Å². The average Bonchev–Trinajstić information content (AvgIpc) is 2.18.